The lowest BCUT2D eigenvalue weighted by molar-refractivity contribution is -0.149. The number of aromatic nitrogens is 1. The summed E-state index contributed by atoms with van der Waals surface area (Å²) in [7, 11) is 1.07. The van der Waals surface area contributed by atoms with Crippen molar-refractivity contribution in [2.24, 2.45) is 5.92 Å². The molecule has 0 saturated heterocycles. The summed E-state index contributed by atoms with van der Waals surface area (Å²) >= 11 is 0. The van der Waals surface area contributed by atoms with E-state index in [1.807, 2.05) is 42.5 Å². The Morgan fingerprint density at radius 1 is 1.20 bits per heavy atom. The second-order valence-corrected chi connectivity index (χ2v) is 7.08. The van der Waals surface area contributed by atoms with E-state index in [2.05, 4.69) is 16.9 Å². The zero-order chi connectivity index (χ0) is 21.5. The molecule has 6 nitrogen and oxygen atoms in total. The van der Waals surface area contributed by atoms with Crippen molar-refractivity contribution in [2.45, 2.75) is 19.4 Å². The third-order valence-electron chi connectivity index (χ3n) is 4.84. The number of hydrogen-bond donors (Lipinski definition) is 1. The Balaban J connectivity index is 2.01. The van der Waals surface area contributed by atoms with Gasteiger partial charge in [-0.05, 0) is 36.0 Å². The average Bonchev–Trinajstić information content (AvgIpc) is 2.76. The van der Waals surface area contributed by atoms with Gasteiger partial charge in [0.2, 0.25) is 0 Å². The lowest BCUT2D eigenvalue weighted by Crippen LogP contribution is -2.25. The number of aliphatic hydroxyl groups is 1. The molecule has 1 N–H and O–H groups in total. The van der Waals surface area contributed by atoms with Gasteiger partial charge in [-0.15, -0.1) is 0 Å². The molecule has 0 fully saturated rings. The summed E-state index contributed by atoms with van der Waals surface area (Å²) in [6.45, 7) is 0.319. The lowest BCUT2D eigenvalue weighted by Gasteiger charge is -2.16. The zero-order valence-electron chi connectivity index (χ0n) is 16.7. The van der Waals surface area contributed by atoms with Crippen molar-refractivity contribution < 1.29 is 19.4 Å². The molecule has 6 heteroatoms. The number of rotatable bonds is 7. The minimum absolute atomic E-state index is 0.0315. The van der Waals surface area contributed by atoms with Crippen molar-refractivity contribution >= 4 is 17.5 Å². The summed E-state index contributed by atoms with van der Waals surface area (Å²) in [6.07, 6.45) is 12.2. The van der Waals surface area contributed by atoms with E-state index in [-0.39, 0.29) is 11.5 Å². The predicted octanol–water partition coefficient (Wildman–Crippen LogP) is 3.21. The monoisotopic (exact) mass is 405 g/mol. The number of carbonyl (C=O) groups is 2. The Kier molecular flexibility index (Phi) is 6.80. The first-order valence-electron chi connectivity index (χ1n) is 9.62. The molecule has 1 aliphatic carbocycles. The second kappa shape index (κ2) is 9.69. The number of methoxy groups -OCH3 is 1. The molecule has 154 valence electrons. The van der Waals surface area contributed by atoms with Gasteiger partial charge in [-0.2, -0.15) is 0 Å². The van der Waals surface area contributed by atoms with Gasteiger partial charge in [0.1, 0.15) is 5.76 Å². The van der Waals surface area contributed by atoms with E-state index < -0.39 is 23.1 Å². The van der Waals surface area contributed by atoms with Gasteiger partial charge in [0.05, 0.1) is 19.2 Å². The number of ketones is 1. The van der Waals surface area contributed by atoms with Crippen LogP contribution in [0.2, 0.25) is 0 Å². The van der Waals surface area contributed by atoms with Crippen molar-refractivity contribution in [2.75, 3.05) is 7.11 Å². The molecule has 0 aliphatic heterocycles. The molecule has 0 bridgehead atoms. The molecular weight excluding hydrogens is 382 g/mol. The third kappa shape index (κ3) is 5.23. The summed E-state index contributed by atoms with van der Waals surface area (Å²) in [5, 5.41) is 10.4. The Morgan fingerprint density at radius 3 is 2.63 bits per heavy atom. The molecule has 0 radical (unpaired) electrons. The third-order valence-corrected chi connectivity index (χ3v) is 4.84. The first kappa shape index (κ1) is 21.0. The van der Waals surface area contributed by atoms with Crippen LogP contribution in [0, 0.1) is 5.92 Å². The number of carbonyl (C=O) groups excluding carboxylic acids is 2. The van der Waals surface area contributed by atoms with Crippen molar-refractivity contribution in [3.8, 4) is 0 Å². The minimum Gasteiger partial charge on any atom is -0.507 e. The molecule has 1 atom stereocenters. The maximum Gasteiger partial charge on any atom is 0.378 e. The van der Waals surface area contributed by atoms with Gasteiger partial charge in [-0.3, -0.25) is 9.59 Å². The molecule has 0 saturated carbocycles. The summed E-state index contributed by atoms with van der Waals surface area (Å²) < 4.78 is 5.87. The first-order chi connectivity index (χ1) is 14.5. The molecule has 1 aromatic heterocycles. The van der Waals surface area contributed by atoms with E-state index in [0.29, 0.717) is 13.0 Å². The van der Waals surface area contributed by atoms with Crippen LogP contribution in [0.4, 0.5) is 0 Å². The Hall–Kier alpha value is -3.67. The van der Waals surface area contributed by atoms with Gasteiger partial charge in [-0.25, -0.2) is 4.79 Å². The van der Waals surface area contributed by atoms with Crippen molar-refractivity contribution in [1.82, 2.24) is 4.57 Å². The van der Waals surface area contributed by atoms with Crippen molar-refractivity contribution in [3.63, 3.8) is 0 Å². The largest absolute Gasteiger partial charge is 0.507 e. The highest BCUT2D eigenvalue weighted by molar-refractivity contribution is 6.39. The first-order valence-corrected chi connectivity index (χ1v) is 9.62. The van der Waals surface area contributed by atoms with E-state index in [0.717, 1.165) is 30.7 Å². The summed E-state index contributed by atoms with van der Waals surface area (Å²) in [5.74, 6) is -2.43. The molecule has 3 rings (SSSR count). The molecule has 2 aromatic rings. The maximum absolute atomic E-state index is 13.0. The number of nitrogens with zero attached hydrogens (tertiary/aromatic N) is 1. The van der Waals surface area contributed by atoms with Crippen LogP contribution >= 0.6 is 0 Å². The molecule has 1 heterocycles. The average molecular weight is 405 g/mol. The fourth-order valence-electron chi connectivity index (χ4n) is 3.34. The van der Waals surface area contributed by atoms with Gasteiger partial charge >= 0.3 is 5.97 Å². The van der Waals surface area contributed by atoms with Crippen molar-refractivity contribution in [3.05, 3.63) is 100 Å². The van der Waals surface area contributed by atoms with Crippen LogP contribution in [0.15, 0.2) is 77.8 Å². The Labute approximate surface area is 174 Å². The van der Waals surface area contributed by atoms with E-state index in [4.69, 9.17) is 0 Å². The van der Waals surface area contributed by atoms with Crippen LogP contribution in [0.1, 0.15) is 23.1 Å². The zero-order valence-corrected chi connectivity index (χ0v) is 16.7. The molecular formula is C24H23NO5. The molecule has 30 heavy (non-hydrogen) atoms. The molecule has 1 aliphatic rings. The number of aliphatic hydroxyl groups excluding tert-OH is 1. The van der Waals surface area contributed by atoms with E-state index >= 15 is 0 Å². The topological polar surface area (TPSA) is 85.6 Å². The molecule has 1 unspecified atom stereocenters. The van der Waals surface area contributed by atoms with Crippen LogP contribution in [-0.2, 0) is 27.3 Å². The highest BCUT2D eigenvalue weighted by atomic mass is 16.5. The van der Waals surface area contributed by atoms with Crippen LogP contribution in [0.5, 0.6) is 0 Å². The quantitative estimate of drug-likeness (QED) is 0.331. The van der Waals surface area contributed by atoms with Crippen LogP contribution < -0.4 is 5.56 Å². The van der Waals surface area contributed by atoms with Gasteiger partial charge in [0, 0.05) is 12.3 Å². The number of allylic oxidation sites excluding steroid dienone is 4. The molecule has 0 spiro atoms. The standard InChI is InChI=1S/C24H23NO5/c1-30-24(29)22(27)14-21(26)20-13-19(12-17-8-4-2-5-9-17)16-25(23(20)28)15-18-10-6-3-7-11-18/h2-8,10-11,13-14,16-17,26H,9,12,15H2,1H3. The lowest BCUT2D eigenvalue weighted by atomic mass is 9.93. The van der Waals surface area contributed by atoms with E-state index in [9.17, 15) is 19.5 Å². The Morgan fingerprint density at radius 2 is 1.97 bits per heavy atom. The summed E-state index contributed by atoms with van der Waals surface area (Å²) in [6, 6.07) is 11.1. The van der Waals surface area contributed by atoms with Crippen LogP contribution in [0.25, 0.3) is 5.76 Å². The van der Waals surface area contributed by atoms with Crippen molar-refractivity contribution in [1.29, 1.82) is 0 Å². The predicted molar refractivity (Wildman–Crippen MR) is 114 cm³/mol. The highest BCUT2D eigenvalue weighted by Gasteiger charge is 2.17. The molecule has 0 amide bonds. The number of esters is 1. The van der Waals surface area contributed by atoms with Gasteiger partial charge < -0.3 is 14.4 Å². The van der Waals surface area contributed by atoms with Gasteiger partial charge in [0.15, 0.2) is 0 Å². The van der Waals surface area contributed by atoms with Gasteiger partial charge in [0.25, 0.3) is 11.3 Å². The van der Waals surface area contributed by atoms with E-state index in [1.165, 1.54) is 4.57 Å². The normalized spacial score (nSPS) is 15.8. The van der Waals surface area contributed by atoms with Gasteiger partial charge in [-0.1, -0.05) is 54.6 Å². The van der Waals surface area contributed by atoms with Crippen LogP contribution in [0.3, 0.4) is 0 Å². The number of ether oxygens (including phenoxy) is 1. The highest BCUT2D eigenvalue weighted by Crippen LogP contribution is 2.19. The Bertz CT molecular complexity index is 1080. The summed E-state index contributed by atoms with van der Waals surface area (Å²) in [4.78, 5) is 36.2. The fraction of sp³-hybridized carbons (Fsp3) is 0.208. The maximum atomic E-state index is 13.0. The smallest absolute Gasteiger partial charge is 0.378 e. The molecule has 1 aromatic carbocycles. The second-order valence-electron chi connectivity index (χ2n) is 7.08. The number of pyridine rings is 1. The fourth-order valence-corrected chi connectivity index (χ4v) is 3.34. The minimum atomic E-state index is -1.11. The number of benzene rings is 1. The number of hydrogen-bond acceptors (Lipinski definition) is 5. The summed E-state index contributed by atoms with van der Waals surface area (Å²) in [5.41, 5.74) is 1.29. The van der Waals surface area contributed by atoms with Crippen LogP contribution in [-0.4, -0.2) is 28.5 Å². The van der Waals surface area contributed by atoms with E-state index in [1.54, 1.807) is 12.3 Å². The SMILES string of the molecule is COC(=O)C(=O)C=C(O)c1cc(CC2C=CC=CC2)cn(Cc2ccccc2)c1=O.